The Bertz CT molecular complexity index is 1530. The molecule has 1 aliphatic heterocycles. The Morgan fingerprint density at radius 1 is 0.900 bits per heavy atom. The van der Waals surface area contributed by atoms with E-state index < -0.39 is 19.9 Å². The molecule has 40 heavy (non-hydrogen) atoms. The third kappa shape index (κ3) is 8.11. The zero-order valence-corrected chi connectivity index (χ0v) is 24.4. The lowest BCUT2D eigenvalue weighted by atomic mass is 10.1. The number of hydrogen-bond donors (Lipinski definition) is 1. The lowest BCUT2D eigenvalue weighted by Gasteiger charge is -2.32. The van der Waals surface area contributed by atoms with Crippen LogP contribution < -0.4 is 9.62 Å². The summed E-state index contributed by atoms with van der Waals surface area (Å²) >= 11 is 0. The smallest absolute Gasteiger partial charge is 0.250 e. The highest BCUT2D eigenvalue weighted by atomic mass is 32.2. The van der Waals surface area contributed by atoms with Gasteiger partial charge in [-0.1, -0.05) is 42.5 Å². The monoisotopic (exact) mass is 581 g/mol. The molecule has 1 amide bonds. The van der Waals surface area contributed by atoms with Crippen LogP contribution in [0.5, 0.6) is 0 Å². The Kier molecular flexibility index (Phi) is 9.57. The Morgan fingerprint density at radius 2 is 1.50 bits per heavy atom. The van der Waals surface area contributed by atoms with E-state index in [1.807, 2.05) is 18.2 Å². The minimum atomic E-state index is -3.68. The summed E-state index contributed by atoms with van der Waals surface area (Å²) in [4.78, 5) is 16.8. The molecule has 8 nitrogen and oxygen atoms in total. The maximum Gasteiger partial charge on any atom is 0.250 e. The van der Waals surface area contributed by atoms with Crippen molar-refractivity contribution in [3.8, 4) is 0 Å². The highest BCUT2D eigenvalue weighted by Crippen LogP contribution is 2.20. The zero-order valence-electron chi connectivity index (χ0n) is 22.7. The van der Waals surface area contributed by atoms with E-state index in [0.717, 1.165) is 45.2 Å². The van der Waals surface area contributed by atoms with Crippen molar-refractivity contribution in [1.29, 1.82) is 0 Å². The number of likely N-dealkylation sites (tertiary alicyclic amines) is 1. The summed E-state index contributed by atoms with van der Waals surface area (Å²) in [6.07, 6.45) is 6.61. The summed E-state index contributed by atoms with van der Waals surface area (Å²) in [5.74, 6) is -0.306. The Hall–Kier alpha value is -3.31. The number of sulfone groups is 1. The molecule has 1 N–H and O–H groups in total. The Balaban J connectivity index is 1.28. The normalized spacial score (nSPS) is 15.3. The fourth-order valence-corrected chi connectivity index (χ4v) is 6.51. The van der Waals surface area contributed by atoms with Crippen LogP contribution in [-0.4, -0.2) is 66.6 Å². The molecule has 0 bridgehead atoms. The van der Waals surface area contributed by atoms with Crippen molar-refractivity contribution >= 4 is 37.5 Å². The largest absolute Gasteiger partial charge is 0.312 e. The van der Waals surface area contributed by atoms with E-state index in [9.17, 15) is 21.6 Å². The first-order valence-corrected chi connectivity index (χ1v) is 16.5. The molecule has 1 fully saturated rings. The summed E-state index contributed by atoms with van der Waals surface area (Å²) in [5.41, 5.74) is 2.54. The van der Waals surface area contributed by atoms with Crippen LogP contribution in [0.15, 0.2) is 94.7 Å². The van der Waals surface area contributed by atoms with Gasteiger partial charge < -0.3 is 9.80 Å². The number of piperidine rings is 1. The molecule has 3 aromatic carbocycles. The molecule has 1 saturated heterocycles. The van der Waals surface area contributed by atoms with E-state index in [4.69, 9.17) is 0 Å². The lowest BCUT2D eigenvalue weighted by Crippen LogP contribution is -2.45. The second kappa shape index (κ2) is 12.9. The van der Waals surface area contributed by atoms with Gasteiger partial charge in [-0.25, -0.2) is 21.6 Å². The molecule has 0 radical (unpaired) electrons. The van der Waals surface area contributed by atoms with Crippen molar-refractivity contribution in [2.45, 2.75) is 35.1 Å². The summed E-state index contributed by atoms with van der Waals surface area (Å²) < 4.78 is 52.0. The summed E-state index contributed by atoms with van der Waals surface area (Å²) in [5, 5.41) is 0. The Labute approximate surface area is 237 Å². The summed E-state index contributed by atoms with van der Waals surface area (Å²) in [6.45, 7) is 2.66. The number of nitrogens with one attached hydrogen (secondary N) is 1. The van der Waals surface area contributed by atoms with Crippen molar-refractivity contribution in [2.24, 2.45) is 0 Å². The SMILES string of the molecule is CN(C(=O)C=Cc1ccc(S(C)(=O)=O)cc1)c1ccc(S(=O)(=O)NC2CCN(CCc3ccccc3)CC2)cc1. The molecule has 0 spiro atoms. The average molecular weight is 582 g/mol. The van der Waals surface area contributed by atoms with Crippen LogP contribution >= 0.6 is 0 Å². The number of nitrogens with zero attached hydrogens (tertiary/aromatic N) is 2. The van der Waals surface area contributed by atoms with Crippen LogP contribution in [0.2, 0.25) is 0 Å². The minimum Gasteiger partial charge on any atom is -0.312 e. The number of benzene rings is 3. The molecular weight excluding hydrogens is 546 g/mol. The van der Waals surface area contributed by atoms with Gasteiger partial charge in [0.1, 0.15) is 0 Å². The van der Waals surface area contributed by atoms with Crippen LogP contribution in [0.3, 0.4) is 0 Å². The third-order valence-corrected chi connectivity index (χ3v) is 9.73. The first-order valence-electron chi connectivity index (χ1n) is 13.2. The number of carbonyl (C=O) groups is 1. The standard InChI is InChI=1S/C30H35N3O5S2/c1-32(30(34)17-10-25-8-13-28(14-9-25)39(2,35)36)27-11-15-29(16-12-27)40(37,38)31-26-19-22-33(23-20-26)21-18-24-6-4-3-5-7-24/h3-17,26,31H,18-23H2,1-2H3. The van der Waals surface area contributed by atoms with Crippen LogP contribution in [-0.2, 0) is 31.1 Å². The van der Waals surface area contributed by atoms with Crippen LogP contribution in [0.25, 0.3) is 6.08 Å². The molecule has 0 atom stereocenters. The van der Waals surface area contributed by atoms with E-state index in [2.05, 4.69) is 21.8 Å². The van der Waals surface area contributed by atoms with Crippen molar-refractivity contribution in [1.82, 2.24) is 9.62 Å². The van der Waals surface area contributed by atoms with Crippen molar-refractivity contribution in [2.75, 3.05) is 37.8 Å². The van der Waals surface area contributed by atoms with Crippen molar-refractivity contribution in [3.05, 3.63) is 96.1 Å². The van der Waals surface area contributed by atoms with Crippen LogP contribution in [0, 0.1) is 0 Å². The minimum absolute atomic E-state index is 0.112. The lowest BCUT2D eigenvalue weighted by molar-refractivity contribution is -0.113. The van der Waals surface area contributed by atoms with Gasteiger partial charge in [-0.2, -0.15) is 0 Å². The first-order chi connectivity index (χ1) is 19.0. The van der Waals surface area contributed by atoms with Gasteiger partial charge in [-0.3, -0.25) is 4.79 Å². The quantitative estimate of drug-likeness (QED) is 0.366. The van der Waals surface area contributed by atoms with Gasteiger partial charge in [0.05, 0.1) is 9.79 Å². The average Bonchev–Trinajstić information content (AvgIpc) is 2.95. The first kappa shape index (κ1) is 29.7. The van der Waals surface area contributed by atoms with E-state index in [0.29, 0.717) is 11.3 Å². The number of anilines is 1. The molecule has 1 aliphatic rings. The second-order valence-electron chi connectivity index (χ2n) is 10.0. The second-order valence-corrected chi connectivity index (χ2v) is 13.8. The highest BCUT2D eigenvalue weighted by molar-refractivity contribution is 7.90. The van der Waals surface area contributed by atoms with Crippen molar-refractivity contribution in [3.63, 3.8) is 0 Å². The summed E-state index contributed by atoms with van der Waals surface area (Å²) in [7, 11) is -5.37. The van der Waals surface area contributed by atoms with Gasteiger partial charge in [0, 0.05) is 37.7 Å². The number of rotatable bonds is 10. The number of likely N-dealkylation sites (N-methyl/N-ethyl adjacent to an activating group) is 1. The fraction of sp³-hybridized carbons (Fsp3) is 0.300. The number of hydrogen-bond acceptors (Lipinski definition) is 6. The molecule has 212 valence electrons. The van der Waals surface area contributed by atoms with Crippen LogP contribution in [0.1, 0.15) is 24.0 Å². The Morgan fingerprint density at radius 3 is 2.10 bits per heavy atom. The highest BCUT2D eigenvalue weighted by Gasteiger charge is 2.24. The predicted octanol–water partition coefficient (Wildman–Crippen LogP) is 3.75. The molecule has 4 rings (SSSR count). The maximum absolute atomic E-state index is 13.0. The van der Waals surface area contributed by atoms with Gasteiger partial charge in [-0.05, 0) is 86.0 Å². The molecule has 0 unspecified atom stereocenters. The van der Waals surface area contributed by atoms with E-state index in [-0.39, 0.29) is 21.7 Å². The fourth-order valence-electron chi connectivity index (χ4n) is 4.58. The van der Waals surface area contributed by atoms with E-state index >= 15 is 0 Å². The van der Waals surface area contributed by atoms with Gasteiger partial charge in [0.15, 0.2) is 9.84 Å². The van der Waals surface area contributed by atoms with E-state index in [1.165, 1.54) is 40.8 Å². The van der Waals surface area contributed by atoms with Crippen molar-refractivity contribution < 1.29 is 21.6 Å². The van der Waals surface area contributed by atoms with Crippen LogP contribution in [0.4, 0.5) is 5.69 Å². The molecule has 0 aliphatic carbocycles. The number of amides is 1. The third-order valence-electron chi connectivity index (χ3n) is 7.06. The maximum atomic E-state index is 13.0. The molecule has 0 aromatic heterocycles. The number of sulfonamides is 1. The molecule has 10 heteroatoms. The molecular formula is C30H35N3O5S2. The van der Waals surface area contributed by atoms with Gasteiger partial charge in [-0.15, -0.1) is 0 Å². The van der Waals surface area contributed by atoms with Gasteiger partial charge >= 0.3 is 0 Å². The molecule has 1 heterocycles. The van der Waals surface area contributed by atoms with E-state index in [1.54, 1.807) is 37.4 Å². The molecule has 3 aromatic rings. The van der Waals surface area contributed by atoms with Gasteiger partial charge in [0.2, 0.25) is 10.0 Å². The zero-order chi connectivity index (χ0) is 28.8. The molecule has 0 saturated carbocycles. The predicted molar refractivity (Wildman–Crippen MR) is 158 cm³/mol. The van der Waals surface area contributed by atoms with Gasteiger partial charge in [0.25, 0.3) is 5.91 Å². The number of carbonyl (C=O) groups excluding carboxylic acids is 1. The summed E-state index contributed by atoms with van der Waals surface area (Å²) in [6, 6.07) is 22.7. The topological polar surface area (TPSA) is 104 Å².